The minimum absolute atomic E-state index is 0.352. The summed E-state index contributed by atoms with van der Waals surface area (Å²) in [5, 5.41) is 8.56. The van der Waals surface area contributed by atoms with E-state index in [-0.39, 0.29) is 5.63 Å². The molecule has 4 rings (SSSR count). The predicted molar refractivity (Wildman–Crippen MR) is 82.8 cm³/mol. The molecule has 0 aliphatic carbocycles. The lowest BCUT2D eigenvalue weighted by Gasteiger charge is -2.04. The highest BCUT2D eigenvalue weighted by molar-refractivity contribution is 5.83. The number of hydrogen-bond acceptors (Lipinski definition) is 4. The summed E-state index contributed by atoms with van der Waals surface area (Å²) in [5.41, 5.74) is 2.37. The van der Waals surface area contributed by atoms with Crippen LogP contribution in [0.2, 0.25) is 0 Å². The summed E-state index contributed by atoms with van der Waals surface area (Å²) in [6, 6.07) is 16.9. The van der Waals surface area contributed by atoms with Crippen LogP contribution in [-0.2, 0) is 0 Å². The summed E-state index contributed by atoms with van der Waals surface area (Å²) in [5.74, 6) is 0. The van der Waals surface area contributed by atoms with Crippen LogP contribution < -0.4 is 5.63 Å². The molecule has 0 aliphatic rings. The second-order valence-electron chi connectivity index (χ2n) is 4.88. The Balaban J connectivity index is 1.89. The molecule has 106 valence electrons. The van der Waals surface area contributed by atoms with Crippen molar-refractivity contribution in [3.63, 3.8) is 0 Å². The Labute approximate surface area is 125 Å². The summed E-state index contributed by atoms with van der Waals surface area (Å²) in [4.78, 5) is 12.2. The van der Waals surface area contributed by atoms with Gasteiger partial charge in [-0.3, -0.25) is 0 Å². The molecule has 0 unspecified atom stereocenters. The molecule has 4 aromatic rings. The maximum atomic E-state index is 12.2. The molecule has 0 saturated heterocycles. The van der Waals surface area contributed by atoms with E-state index >= 15 is 0 Å². The van der Waals surface area contributed by atoms with E-state index in [9.17, 15) is 4.79 Å². The molecule has 0 radical (unpaired) electrons. The smallest absolute Gasteiger partial charge is 0.344 e. The first kappa shape index (κ1) is 12.5. The minimum Gasteiger partial charge on any atom is -0.422 e. The van der Waals surface area contributed by atoms with Gasteiger partial charge in [0.15, 0.2) is 0 Å². The second kappa shape index (κ2) is 4.96. The van der Waals surface area contributed by atoms with Gasteiger partial charge in [-0.05, 0) is 23.8 Å². The van der Waals surface area contributed by atoms with Crippen LogP contribution in [0, 0.1) is 0 Å². The van der Waals surface area contributed by atoms with Gasteiger partial charge in [0.25, 0.3) is 0 Å². The summed E-state index contributed by atoms with van der Waals surface area (Å²) in [6.07, 6.45) is 3.33. The quantitative estimate of drug-likeness (QED) is 0.532. The van der Waals surface area contributed by atoms with Crippen LogP contribution in [0.25, 0.3) is 27.8 Å². The maximum absolute atomic E-state index is 12.2. The maximum Gasteiger partial charge on any atom is 0.344 e. The lowest BCUT2D eigenvalue weighted by atomic mass is 10.1. The summed E-state index contributed by atoms with van der Waals surface area (Å²) >= 11 is 0. The van der Waals surface area contributed by atoms with Crippen molar-refractivity contribution in [2.75, 3.05) is 0 Å². The fourth-order valence-electron chi connectivity index (χ4n) is 2.41. The van der Waals surface area contributed by atoms with Crippen LogP contribution in [0.3, 0.4) is 0 Å². The van der Waals surface area contributed by atoms with Gasteiger partial charge >= 0.3 is 5.63 Å². The monoisotopic (exact) mass is 289 g/mol. The highest BCUT2D eigenvalue weighted by Crippen LogP contribution is 2.22. The Kier molecular flexibility index (Phi) is 2.83. The van der Waals surface area contributed by atoms with Crippen LogP contribution in [0.4, 0.5) is 0 Å². The number of fused-ring (bicyclic) bond motifs is 1. The second-order valence-corrected chi connectivity index (χ2v) is 4.88. The van der Waals surface area contributed by atoms with Crippen molar-refractivity contribution in [3.05, 3.63) is 77.4 Å². The summed E-state index contributed by atoms with van der Waals surface area (Å²) in [6.45, 7) is 0. The van der Waals surface area contributed by atoms with Gasteiger partial charge in [-0.15, -0.1) is 5.10 Å². The standard InChI is InChI=1S/C17H11N3O2/c21-17-15(12-4-2-1-3-5-12)10-13-6-7-14(11-16(13)22-17)20-9-8-18-19-20/h1-11H. The zero-order valence-corrected chi connectivity index (χ0v) is 11.5. The van der Waals surface area contributed by atoms with Gasteiger partial charge in [-0.25, -0.2) is 9.48 Å². The Hall–Kier alpha value is -3.21. The van der Waals surface area contributed by atoms with Crippen molar-refractivity contribution in [2.45, 2.75) is 0 Å². The highest BCUT2D eigenvalue weighted by atomic mass is 16.4. The Morgan fingerprint density at radius 2 is 1.86 bits per heavy atom. The van der Waals surface area contributed by atoms with Crippen molar-refractivity contribution >= 4 is 11.0 Å². The van der Waals surface area contributed by atoms with E-state index in [4.69, 9.17) is 4.42 Å². The SMILES string of the molecule is O=c1oc2cc(-n3ccnn3)ccc2cc1-c1ccccc1. The molecule has 0 spiro atoms. The first-order valence-electron chi connectivity index (χ1n) is 6.81. The van der Waals surface area contributed by atoms with E-state index in [1.54, 1.807) is 23.1 Å². The van der Waals surface area contributed by atoms with Gasteiger partial charge in [0.1, 0.15) is 5.58 Å². The zero-order valence-electron chi connectivity index (χ0n) is 11.5. The minimum atomic E-state index is -0.352. The van der Waals surface area contributed by atoms with Crippen LogP contribution >= 0.6 is 0 Å². The molecule has 0 bridgehead atoms. The van der Waals surface area contributed by atoms with Gasteiger partial charge < -0.3 is 4.42 Å². The predicted octanol–water partition coefficient (Wildman–Crippen LogP) is 3.04. The third kappa shape index (κ3) is 2.09. The number of nitrogens with zero attached hydrogens (tertiary/aromatic N) is 3. The van der Waals surface area contributed by atoms with E-state index in [0.717, 1.165) is 16.6 Å². The van der Waals surface area contributed by atoms with Crippen molar-refractivity contribution < 1.29 is 4.42 Å². The van der Waals surface area contributed by atoms with E-state index in [1.165, 1.54) is 0 Å². The molecule has 0 fully saturated rings. The molecule has 0 N–H and O–H groups in total. The molecule has 5 heteroatoms. The Morgan fingerprint density at radius 1 is 1.00 bits per heavy atom. The average Bonchev–Trinajstić information content (AvgIpc) is 3.09. The van der Waals surface area contributed by atoms with Crippen LogP contribution in [0.5, 0.6) is 0 Å². The normalized spacial score (nSPS) is 10.9. The van der Waals surface area contributed by atoms with E-state index in [2.05, 4.69) is 10.3 Å². The van der Waals surface area contributed by atoms with Crippen LogP contribution in [0.1, 0.15) is 0 Å². The topological polar surface area (TPSA) is 60.9 Å². The van der Waals surface area contributed by atoms with Gasteiger partial charge in [0.05, 0.1) is 23.6 Å². The lowest BCUT2D eigenvalue weighted by molar-refractivity contribution is 0.563. The van der Waals surface area contributed by atoms with E-state index in [1.807, 2.05) is 48.5 Å². The van der Waals surface area contributed by atoms with Gasteiger partial charge in [-0.1, -0.05) is 35.5 Å². The molecular weight excluding hydrogens is 278 g/mol. The molecule has 0 aliphatic heterocycles. The molecule has 0 amide bonds. The van der Waals surface area contributed by atoms with Crippen molar-refractivity contribution in [2.24, 2.45) is 0 Å². The highest BCUT2D eigenvalue weighted by Gasteiger charge is 2.08. The first-order chi connectivity index (χ1) is 10.8. The first-order valence-corrected chi connectivity index (χ1v) is 6.81. The molecule has 2 aromatic carbocycles. The number of benzene rings is 2. The van der Waals surface area contributed by atoms with E-state index < -0.39 is 0 Å². The zero-order chi connectivity index (χ0) is 14.9. The summed E-state index contributed by atoms with van der Waals surface area (Å²) in [7, 11) is 0. The molecule has 5 nitrogen and oxygen atoms in total. The molecule has 2 aromatic heterocycles. The van der Waals surface area contributed by atoms with Crippen LogP contribution in [-0.4, -0.2) is 15.0 Å². The van der Waals surface area contributed by atoms with Crippen molar-refractivity contribution in [1.82, 2.24) is 15.0 Å². The third-order valence-electron chi connectivity index (χ3n) is 3.49. The molecule has 0 atom stereocenters. The largest absolute Gasteiger partial charge is 0.422 e. The van der Waals surface area contributed by atoms with E-state index in [0.29, 0.717) is 11.1 Å². The third-order valence-corrected chi connectivity index (χ3v) is 3.49. The molecule has 2 heterocycles. The van der Waals surface area contributed by atoms with Crippen LogP contribution in [0.15, 0.2) is 76.2 Å². The molecule has 0 saturated carbocycles. The van der Waals surface area contributed by atoms with Crippen molar-refractivity contribution in [3.8, 4) is 16.8 Å². The Bertz CT molecular complexity index is 990. The molecular formula is C17H11N3O2. The number of hydrogen-bond donors (Lipinski definition) is 0. The Morgan fingerprint density at radius 3 is 2.64 bits per heavy atom. The van der Waals surface area contributed by atoms with Gasteiger partial charge in [0.2, 0.25) is 0 Å². The average molecular weight is 289 g/mol. The fraction of sp³-hybridized carbons (Fsp3) is 0. The van der Waals surface area contributed by atoms with Gasteiger partial charge in [-0.2, -0.15) is 0 Å². The molecule has 22 heavy (non-hydrogen) atoms. The number of rotatable bonds is 2. The van der Waals surface area contributed by atoms with Crippen molar-refractivity contribution in [1.29, 1.82) is 0 Å². The fourth-order valence-corrected chi connectivity index (χ4v) is 2.41. The lowest BCUT2D eigenvalue weighted by Crippen LogP contribution is -2.03. The number of aromatic nitrogens is 3. The van der Waals surface area contributed by atoms with Gasteiger partial charge in [0, 0.05) is 11.5 Å². The summed E-state index contributed by atoms with van der Waals surface area (Å²) < 4.78 is 7.08.